The Morgan fingerprint density at radius 2 is 2.10 bits per heavy atom. The normalized spacial score (nSPS) is 22.1. The topological polar surface area (TPSA) is 49.8 Å². The number of benzene rings is 1. The van der Waals surface area contributed by atoms with Crippen LogP contribution < -0.4 is 4.74 Å². The van der Waals surface area contributed by atoms with Crippen molar-refractivity contribution in [3.63, 3.8) is 0 Å². The number of aliphatic hydroxyl groups is 1. The molecule has 1 amide bonds. The average Bonchev–Trinajstić information content (AvgIpc) is 2.48. The van der Waals surface area contributed by atoms with Crippen molar-refractivity contribution in [2.45, 2.75) is 39.2 Å². The zero-order valence-electron chi connectivity index (χ0n) is 12.9. The quantitative estimate of drug-likeness (QED) is 0.847. The molecule has 0 spiro atoms. The number of carbonyl (C=O) groups excluding carboxylic acids is 1. The molecule has 1 fully saturated rings. The summed E-state index contributed by atoms with van der Waals surface area (Å²) in [6.07, 6.45) is 1.68. The summed E-state index contributed by atoms with van der Waals surface area (Å²) < 4.78 is 5.62. The number of hydrogen-bond donors (Lipinski definition) is 1. The van der Waals surface area contributed by atoms with Gasteiger partial charge in [-0.1, -0.05) is 24.6 Å². The standard InChI is InChI=1S/C17H25NO3/c1-13-5-7-15(8-6-13)21-11-3-4-17(20)18-10-9-14(2)16(19)12-18/h5-8,14,16,19H,3-4,9-12H2,1-2H3. The first-order valence-electron chi connectivity index (χ1n) is 7.71. The first kappa shape index (κ1) is 15.8. The molecule has 4 heteroatoms. The van der Waals surface area contributed by atoms with Crippen LogP contribution in [0.3, 0.4) is 0 Å². The monoisotopic (exact) mass is 291 g/mol. The van der Waals surface area contributed by atoms with Crippen molar-refractivity contribution in [2.75, 3.05) is 19.7 Å². The lowest BCUT2D eigenvalue weighted by Crippen LogP contribution is -2.45. The van der Waals surface area contributed by atoms with Gasteiger partial charge in [0.25, 0.3) is 0 Å². The van der Waals surface area contributed by atoms with Crippen LogP contribution in [0, 0.1) is 12.8 Å². The van der Waals surface area contributed by atoms with Gasteiger partial charge in [-0.2, -0.15) is 0 Å². The molecule has 0 radical (unpaired) electrons. The van der Waals surface area contributed by atoms with Crippen LogP contribution in [-0.4, -0.2) is 41.7 Å². The first-order valence-corrected chi connectivity index (χ1v) is 7.71. The predicted molar refractivity (Wildman–Crippen MR) is 82.3 cm³/mol. The Hall–Kier alpha value is -1.55. The van der Waals surface area contributed by atoms with Crippen molar-refractivity contribution in [1.82, 2.24) is 4.90 Å². The molecule has 116 valence electrons. The van der Waals surface area contributed by atoms with E-state index in [1.54, 1.807) is 4.90 Å². The molecule has 1 aliphatic heterocycles. The van der Waals surface area contributed by atoms with Crippen LogP contribution in [0.2, 0.25) is 0 Å². The van der Waals surface area contributed by atoms with Gasteiger partial charge in [0.15, 0.2) is 0 Å². The number of rotatable bonds is 5. The second kappa shape index (κ2) is 7.46. The van der Waals surface area contributed by atoms with E-state index in [-0.39, 0.29) is 12.0 Å². The van der Waals surface area contributed by atoms with Crippen molar-refractivity contribution in [3.8, 4) is 5.75 Å². The van der Waals surface area contributed by atoms with Gasteiger partial charge in [0.05, 0.1) is 12.7 Å². The maximum Gasteiger partial charge on any atom is 0.222 e. The van der Waals surface area contributed by atoms with E-state index in [9.17, 15) is 9.90 Å². The summed E-state index contributed by atoms with van der Waals surface area (Å²) in [5.41, 5.74) is 1.20. The van der Waals surface area contributed by atoms with E-state index in [1.165, 1.54) is 5.56 Å². The van der Waals surface area contributed by atoms with Crippen LogP contribution in [-0.2, 0) is 4.79 Å². The molecule has 4 nitrogen and oxygen atoms in total. The fraction of sp³-hybridized carbons (Fsp3) is 0.588. The molecule has 2 atom stereocenters. The molecule has 2 unspecified atom stereocenters. The molecule has 0 aromatic heterocycles. The molecule has 1 N–H and O–H groups in total. The van der Waals surface area contributed by atoms with Crippen LogP contribution in [0.1, 0.15) is 31.7 Å². The summed E-state index contributed by atoms with van der Waals surface area (Å²) in [5.74, 6) is 1.25. The van der Waals surface area contributed by atoms with Crippen molar-refractivity contribution >= 4 is 5.91 Å². The maximum atomic E-state index is 12.1. The average molecular weight is 291 g/mol. The van der Waals surface area contributed by atoms with Crippen molar-refractivity contribution in [3.05, 3.63) is 29.8 Å². The van der Waals surface area contributed by atoms with E-state index in [2.05, 4.69) is 0 Å². The third kappa shape index (κ3) is 4.74. The number of β-amino-alcohol motifs (C(OH)–C–C–N with tert-alkyl or cyclic N) is 1. The number of hydrogen-bond acceptors (Lipinski definition) is 3. The van der Waals surface area contributed by atoms with Crippen LogP contribution >= 0.6 is 0 Å². The lowest BCUT2D eigenvalue weighted by Gasteiger charge is -2.34. The van der Waals surface area contributed by atoms with Crippen molar-refractivity contribution < 1.29 is 14.6 Å². The minimum Gasteiger partial charge on any atom is -0.494 e. The molecular formula is C17H25NO3. The zero-order valence-corrected chi connectivity index (χ0v) is 12.9. The van der Waals surface area contributed by atoms with Crippen LogP contribution in [0.4, 0.5) is 0 Å². The highest BCUT2D eigenvalue weighted by molar-refractivity contribution is 5.76. The molecule has 1 aromatic rings. The van der Waals surface area contributed by atoms with E-state index in [1.807, 2.05) is 38.1 Å². The summed E-state index contributed by atoms with van der Waals surface area (Å²) in [7, 11) is 0. The Bertz CT molecular complexity index is 458. The third-order valence-corrected chi connectivity index (χ3v) is 4.10. The maximum absolute atomic E-state index is 12.1. The number of aliphatic hydroxyl groups excluding tert-OH is 1. The lowest BCUT2D eigenvalue weighted by molar-refractivity contribution is -0.135. The molecule has 0 bridgehead atoms. The summed E-state index contributed by atoms with van der Waals surface area (Å²) >= 11 is 0. The molecule has 2 rings (SSSR count). The SMILES string of the molecule is Cc1ccc(OCCCC(=O)N2CCC(C)C(O)C2)cc1. The summed E-state index contributed by atoms with van der Waals surface area (Å²) in [6, 6.07) is 7.91. The van der Waals surface area contributed by atoms with E-state index in [0.717, 1.165) is 18.7 Å². The van der Waals surface area contributed by atoms with Crippen LogP contribution in [0.25, 0.3) is 0 Å². The number of likely N-dealkylation sites (tertiary alicyclic amines) is 1. The van der Waals surface area contributed by atoms with Gasteiger partial charge in [0, 0.05) is 19.5 Å². The molecule has 0 saturated carbocycles. The van der Waals surface area contributed by atoms with Gasteiger partial charge in [-0.3, -0.25) is 4.79 Å². The Kier molecular flexibility index (Phi) is 5.62. The number of carbonyl (C=O) groups is 1. The smallest absolute Gasteiger partial charge is 0.222 e. The summed E-state index contributed by atoms with van der Waals surface area (Å²) in [4.78, 5) is 13.8. The van der Waals surface area contributed by atoms with E-state index < -0.39 is 0 Å². The number of piperidine rings is 1. The van der Waals surface area contributed by atoms with E-state index in [4.69, 9.17) is 4.74 Å². The Morgan fingerprint density at radius 1 is 1.38 bits per heavy atom. The van der Waals surface area contributed by atoms with Gasteiger partial charge in [0.2, 0.25) is 5.91 Å². The Balaban J connectivity index is 1.66. The van der Waals surface area contributed by atoms with Gasteiger partial charge in [0.1, 0.15) is 5.75 Å². The van der Waals surface area contributed by atoms with Gasteiger partial charge < -0.3 is 14.7 Å². The highest BCUT2D eigenvalue weighted by Gasteiger charge is 2.26. The fourth-order valence-electron chi connectivity index (χ4n) is 2.48. The van der Waals surface area contributed by atoms with Crippen LogP contribution in [0.15, 0.2) is 24.3 Å². The minimum atomic E-state index is -0.383. The Labute approximate surface area is 126 Å². The Morgan fingerprint density at radius 3 is 2.76 bits per heavy atom. The first-order chi connectivity index (χ1) is 10.1. The number of aryl methyl sites for hydroxylation is 1. The molecule has 1 aromatic carbocycles. The second-order valence-electron chi connectivity index (χ2n) is 5.94. The highest BCUT2D eigenvalue weighted by Crippen LogP contribution is 2.18. The molecule has 1 aliphatic rings. The molecule has 0 aliphatic carbocycles. The predicted octanol–water partition coefficient (Wildman–Crippen LogP) is 2.38. The molecule has 1 heterocycles. The minimum absolute atomic E-state index is 0.119. The van der Waals surface area contributed by atoms with E-state index in [0.29, 0.717) is 31.9 Å². The number of ether oxygens (including phenoxy) is 1. The zero-order chi connectivity index (χ0) is 15.2. The highest BCUT2D eigenvalue weighted by atomic mass is 16.5. The molecular weight excluding hydrogens is 266 g/mol. The molecule has 21 heavy (non-hydrogen) atoms. The van der Waals surface area contributed by atoms with Crippen LogP contribution in [0.5, 0.6) is 5.75 Å². The largest absolute Gasteiger partial charge is 0.494 e. The van der Waals surface area contributed by atoms with Gasteiger partial charge in [-0.25, -0.2) is 0 Å². The summed E-state index contributed by atoms with van der Waals surface area (Å²) in [5, 5.41) is 9.82. The molecule has 1 saturated heterocycles. The fourth-order valence-corrected chi connectivity index (χ4v) is 2.48. The van der Waals surface area contributed by atoms with Gasteiger partial charge >= 0.3 is 0 Å². The third-order valence-electron chi connectivity index (χ3n) is 4.10. The summed E-state index contributed by atoms with van der Waals surface area (Å²) in [6.45, 7) is 5.84. The van der Waals surface area contributed by atoms with Crippen molar-refractivity contribution in [1.29, 1.82) is 0 Å². The lowest BCUT2D eigenvalue weighted by atomic mass is 9.96. The van der Waals surface area contributed by atoms with Crippen molar-refractivity contribution in [2.24, 2.45) is 5.92 Å². The second-order valence-corrected chi connectivity index (χ2v) is 5.94. The van der Waals surface area contributed by atoms with E-state index >= 15 is 0 Å². The number of nitrogens with zero attached hydrogens (tertiary/aromatic N) is 1. The van der Waals surface area contributed by atoms with Gasteiger partial charge in [-0.15, -0.1) is 0 Å². The van der Waals surface area contributed by atoms with Gasteiger partial charge in [-0.05, 0) is 37.8 Å². The number of amides is 1.